The number of nitrogens with one attached hydrogen (secondary N) is 2. The van der Waals surface area contributed by atoms with Gasteiger partial charge >= 0.3 is 0 Å². The topological polar surface area (TPSA) is 44.6 Å². The predicted octanol–water partition coefficient (Wildman–Crippen LogP) is 3.70. The average molecular weight is 483 g/mol. The molecule has 0 amide bonds. The van der Waals surface area contributed by atoms with Gasteiger partial charge in [-0.2, -0.15) is 0 Å². The Morgan fingerprint density at radius 1 is 1.07 bits per heavy atom. The molecule has 0 aliphatic carbocycles. The maximum absolute atomic E-state index is 4.78. The highest BCUT2D eigenvalue weighted by Crippen LogP contribution is 2.13. The molecule has 6 heteroatoms. The number of hydrogen-bond donors (Lipinski definition) is 2. The number of aliphatic imine (C=N–C) groups is 1. The van der Waals surface area contributed by atoms with E-state index >= 15 is 0 Å². The Bertz CT molecular complexity index is 667. The lowest BCUT2D eigenvalue weighted by molar-refractivity contribution is 0.265. The molecule has 2 aromatic rings. The normalized spacial score (nSPS) is 11.6. The van der Waals surface area contributed by atoms with Crippen molar-refractivity contribution in [3.63, 3.8) is 0 Å². The summed E-state index contributed by atoms with van der Waals surface area (Å²) in [6.07, 6.45) is 4.15. The zero-order valence-corrected chi connectivity index (χ0v) is 19.3. The van der Waals surface area contributed by atoms with Crippen molar-refractivity contribution in [2.45, 2.75) is 46.4 Å². The molecule has 0 bridgehead atoms. The minimum absolute atomic E-state index is 0. The number of hydrogen-bond acceptors (Lipinski definition) is 2. The van der Waals surface area contributed by atoms with Crippen molar-refractivity contribution in [3.8, 4) is 0 Å². The van der Waals surface area contributed by atoms with Crippen molar-refractivity contribution >= 4 is 29.9 Å². The average Bonchev–Trinajstić information content (AvgIpc) is 3.14. The summed E-state index contributed by atoms with van der Waals surface area (Å²) in [4.78, 5) is 7.13. The number of nitrogens with zero attached hydrogens (tertiary/aromatic N) is 3. The first-order valence-corrected chi connectivity index (χ1v) is 9.50. The van der Waals surface area contributed by atoms with Crippen LogP contribution in [-0.4, -0.2) is 41.6 Å². The lowest BCUT2D eigenvalue weighted by Crippen LogP contribution is -2.38. The maximum Gasteiger partial charge on any atom is 0.191 e. The minimum Gasteiger partial charge on any atom is -0.357 e. The van der Waals surface area contributed by atoms with E-state index in [1.54, 1.807) is 0 Å². The Labute approximate surface area is 181 Å². The van der Waals surface area contributed by atoms with Gasteiger partial charge in [-0.25, -0.2) is 4.99 Å². The third-order valence-corrected chi connectivity index (χ3v) is 4.50. The first-order valence-electron chi connectivity index (χ1n) is 9.50. The van der Waals surface area contributed by atoms with Gasteiger partial charge in [0.2, 0.25) is 0 Å². The lowest BCUT2D eigenvalue weighted by atomic mass is 10.1. The molecule has 2 N–H and O–H groups in total. The van der Waals surface area contributed by atoms with Gasteiger partial charge in [-0.3, -0.25) is 4.90 Å². The van der Waals surface area contributed by atoms with Crippen LogP contribution < -0.4 is 10.6 Å². The van der Waals surface area contributed by atoms with E-state index in [4.69, 9.17) is 4.99 Å². The Hall–Kier alpha value is -1.54. The van der Waals surface area contributed by atoms with Crippen molar-refractivity contribution in [1.29, 1.82) is 0 Å². The summed E-state index contributed by atoms with van der Waals surface area (Å²) in [5, 5.41) is 6.75. The highest BCUT2D eigenvalue weighted by atomic mass is 127. The lowest BCUT2D eigenvalue weighted by Gasteiger charge is -2.22. The van der Waals surface area contributed by atoms with Gasteiger partial charge in [0.15, 0.2) is 5.96 Å². The molecule has 2 rings (SSSR count). The van der Waals surface area contributed by atoms with Gasteiger partial charge in [0.25, 0.3) is 0 Å². The van der Waals surface area contributed by atoms with E-state index in [1.165, 1.54) is 11.1 Å². The quantitative estimate of drug-likeness (QED) is 0.325. The van der Waals surface area contributed by atoms with E-state index in [1.807, 2.05) is 12.1 Å². The van der Waals surface area contributed by atoms with Crippen LogP contribution in [0.25, 0.3) is 0 Å². The molecule has 0 aliphatic rings. The first-order chi connectivity index (χ1) is 12.6. The van der Waals surface area contributed by atoms with Crippen LogP contribution >= 0.6 is 24.0 Å². The fourth-order valence-corrected chi connectivity index (χ4v) is 2.65. The summed E-state index contributed by atoms with van der Waals surface area (Å²) in [5.74, 6) is 0.867. The summed E-state index contributed by atoms with van der Waals surface area (Å²) in [7, 11) is 2.16. The van der Waals surface area contributed by atoms with Crippen LogP contribution in [0.15, 0.2) is 53.8 Å². The molecule has 1 aromatic carbocycles. The van der Waals surface area contributed by atoms with E-state index in [0.29, 0.717) is 12.6 Å². The molecule has 0 saturated heterocycles. The zero-order chi connectivity index (χ0) is 18.8. The van der Waals surface area contributed by atoms with Gasteiger partial charge in [-0.05, 0) is 51.1 Å². The molecule has 0 atom stereocenters. The van der Waals surface area contributed by atoms with E-state index in [9.17, 15) is 0 Å². The first kappa shape index (κ1) is 23.5. The summed E-state index contributed by atoms with van der Waals surface area (Å²) >= 11 is 0. The smallest absolute Gasteiger partial charge is 0.191 e. The molecule has 0 unspecified atom stereocenters. The van der Waals surface area contributed by atoms with Crippen molar-refractivity contribution in [1.82, 2.24) is 20.1 Å². The third-order valence-electron chi connectivity index (χ3n) is 4.50. The van der Waals surface area contributed by atoms with Crippen molar-refractivity contribution in [2.24, 2.45) is 4.99 Å². The van der Waals surface area contributed by atoms with Crippen LogP contribution in [-0.2, 0) is 19.6 Å². The molecule has 0 spiro atoms. The summed E-state index contributed by atoms with van der Waals surface area (Å²) in [6.45, 7) is 10.8. The monoisotopic (exact) mass is 483 g/mol. The molecule has 0 fully saturated rings. The fraction of sp³-hybridized carbons (Fsp3) is 0.476. The Morgan fingerprint density at radius 3 is 2.37 bits per heavy atom. The molecule has 1 aromatic heterocycles. The molecule has 27 heavy (non-hydrogen) atoms. The third kappa shape index (κ3) is 8.34. The molecule has 1 heterocycles. The van der Waals surface area contributed by atoms with Gasteiger partial charge in [-0.15, -0.1) is 24.0 Å². The van der Waals surface area contributed by atoms with Crippen molar-refractivity contribution < 1.29 is 0 Å². The zero-order valence-electron chi connectivity index (χ0n) is 17.0. The Kier molecular flexibility index (Phi) is 11.1. The number of aromatic nitrogens is 1. The van der Waals surface area contributed by atoms with Crippen LogP contribution in [0.4, 0.5) is 0 Å². The summed E-state index contributed by atoms with van der Waals surface area (Å²) in [6, 6.07) is 13.2. The number of benzene rings is 1. The second kappa shape index (κ2) is 12.8. The molecular weight excluding hydrogens is 449 g/mol. The van der Waals surface area contributed by atoms with E-state index in [2.05, 4.69) is 84.6 Å². The Morgan fingerprint density at radius 2 is 1.74 bits per heavy atom. The number of guanidine groups is 1. The molecule has 0 aliphatic heterocycles. The van der Waals surface area contributed by atoms with Gasteiger partial charge in [-0.1, -0.05) is 24.3 Å². The van der Waals surface area contributed by atoms with Crippen molar-refractivity contribution in [3.05, 3.63) is 59.9 Å². The largest absolute Gasteiger partial charge is 0.357 e. The molecule has 150 valence electrons. The van der Waals surface area contributed by atoms with E-state index < -0.39 is 0 Å². The van der Waals surface area contributed by atoms with Crippen LogP contribution in [0.3, 0.4) is 0 Å². The summed E-state index contributed by atoms with van der Waals surface area (Å²) < 4.78 is 2.16. The Balaban J connectivity index is 0.00000364. The van der Waals surface area contributed by atoms with Gasteiger partial charge in [0, 0.05) is 44.6 Å². The van der Waals surface area contributed by atoms with Crippen LogP contribution in [0.5, 0.6) is 0 Å². The van der Waals surface area contributed by atoms with E-state index in [0.717, 1.165) is 32.1 Å². The number of rotatable bonds is 9. The molecule has 5 nitrogen and oxygen atoms in total. The van der Waals surface area contributed by atoms with Gasteiger partial charge in [0.05, 0.1) is 6.54 Å². The van der Waals surface area contributed by atoms with Crippen LogP contribution in [0, 0.1) is 0 Å². The molecule has 0 saturated carbocycles. The second-order valence-corrected chi connectivity index (χ2v) is 6.82. The second-order valence-electron chi connectivity index (χ2n) is 6.82. The number of halogens is 1. The van der Waals surface area contributed by atoms with Crippen LogP contribution in [0.2, 0.25) is 0 Å². The van der Waals surface area contributed by atoms with Crippen molar-refractivity contribution in [2.75, 3.05) is 20.1 Å². The molecule has 0 radical (unpaired) electrons. The summed E-state index contributed by atoms with van der Waals surface area (Å²) in [5.41, 5.74) is 2.62. The SMILES string of the molecule is CCNC(=NCc1ccccc1CN(C)C(C)C)NCCn1cccc1.I. The van der Waals surface area contributed by atoms with E-state index in [-0.39, 0.29) is 24.0 Å². The highest BCUT2D eigenvalue weighted by Gasteiger charge is 2.08. The molecular formula is C21H34IN5. The maximum atomic E-state index is 4.78. The van der Waals surface area contributed by atoms with Gasteiger partial charge in [0.1, 0.15) is 0 Å². The predicted molar refractivity (Wildman–Crippen MR) is 126 cm³/mol. The minimum atomic E-state index is 0. The van der Waals surface area contributed by atoms with Crippen LogP contribution in [0.1, 0.15) is 31.9 Å². The highest BCUT2D eigenvalue weighted by molar-refractivity contribution is 14.0. The fourth-order valence-electron chi connectivity index (χ4n) is 2.65. The standard InChI is InChI=1S/C21H33N5.HI/c1-5-22-21(23-12-15-26-13-8-9-14-26)24-16-19-10-6-7-11-20(19)17-25(4)18(2)3;/h6-11,13-14,18H,5,12,15-17H2,1-4H3,(H2,22,23,24);1H. The van der Waals surface area contributed by atoms with Gasteiger partial charge < -0.3 is 15.2 Å².